The molecule has 1 atom stereocenters. The normalized spacial score (nSPS) is 11.9. The molecule has 2 aromatic rings. The van der Waals surface area contributed by atoms with Crippen LogP contribution in [0.2, 0.25) is 0 Å². The van der Waals surface area contributed by atoms with Gasteiger partial charge >= 0.3 is 0 Å². The van der Waals surface area contributed by atoms with Gasteiger partial charge in [-0.25, -0.2) is 0 Å². The second kappa shape index (κ2) is 7.34. The van der Waals surface area contributed by atoms with Crippen molar-refractivity contribution in [1.82, 2.24) is 0 Å². The Morgan fingerprint density at radius 1 is 1.15 bits per heavy atom. The molecular weight excluding hydrogens is 314 g/mol. The molecule has 0 spiro atoms. The zero-order valence-electron chi connectivity index (χ0n) is 11.9. The minimum absolute atomic E-state index is 0.310. The first-order valence-electron chi connectivity index (χ1n) is 6.89. The van der Waals surface area contributed by atoms with Crippen molar-refractivity contribution in [2.45, 2.75) is 25.8 Å². The summed E-state index contributed by atoms with van der Waals surface area (Å²) >= 11 is 3.59. The van der Waals surface area contributed by atoms with Gasteiger partial charge in [-0.3, -0.25) is 0 Å². The fourth-order valence-electron chi connectivity index (χ4n) is 2.23. The van der Waals surface area contributed by atoms with Gasteiger partial charge in [0.05, 0.1) is 18.8 Å². The van der Waals surface area contributed by atoms with Gasteiger partial charge in [-0.15, -0.1) is 0 Å². The molecule has 0 aliphatic rings. The molecule has 0 fully saturated rings. The van der Waals surface area contributed by atoms with Crippen LogP contribution in [-0.2, 0) is 0 Å². The molecular formula is C17H20BrNO. The molecule has 0 aromatic heterocycles. The second-order valence-electron chi connectivity index (χ2n) is 4.74. The zero-order chi connectivity index (χ0) is 14.4. The molecule has 1 N–H and O–H groups in total. The second-order valence-corrected chi connectivity index (χ2v) is 5.60. The van der Waals surface area contributed by atoms with E-state index in [1.54, 1.807) is 7.11 Å². The number of rotatable bonds is 6. The predicted octanol–water partition coefficient (Wildman–Crippen LogP) is 5.41. The van der Waals surface area contributed by atoms with E-state index < -0.39 is 0 Å². The van der Waals surface area contributed by atoms with Crippen LogP contribution in [0, 0.1) is 0 Å². The van der Waals surface area contributed by atoms with E-state index in [4.69, 9.17) is 4.74 Å². The Kier molecular flexibility index (Phi) is 5.48. The minimum Gasteiger partial charge on any atom is -0.497 e. The molecule has 0 heterocycles. The monoisotopic (exact) mass is 333 g/mol. The van der Waals surface area contributed by atoms with Crippen LogP contribution in [0.15, 0.2) is 53.0 Å². The van der Waals surface area contributed by atoms with E-state index in [1.807, 2.05) is 24.3 Å². The van der Waals surface area contributed by atoms with Crippen molar-refractivity contribution in [1.29, 1.82) is 0 Å². The van der Waals surface area contributed by atoms with Crippen LogP contribution in [0.1, 0.15) is 31.4 Å². The molecule has 0 saturated carbocycles. The van der Waals surface area contributed by atoms with Gasteiger partial charge in [0.1, 0.15) is 5.75 Å². The van der Waals surface area contributed by atoms with Crippen molar-refractivity contribution >= 4 is 21.6 Å². The van der Waals surface area contributed by atoms with Gasteiger partial charge in [-0.2, -0.15) is 0 Å². The number of methoxy groups -OCH3 is 1. The molecule has 3 heteroatoms. The Hall–Kier alpha value is -1.48. The lowest BCUT2D eigenvalue weighted by Crippen LogP contribution is -2.11. The molecule has 106 valence electrons. The molecule has 0 aliphatic heterocycles. The first-order valence-corrected chi connectivity index (χ1v) is 7.69. The Bertz CT molecular complexity index is 542. The summed E-state index contributed by atoms with van der Waals surface area (Å²) in [5.74, 6) is 0.860. The summed E-state index contributed by atoms with van der Waals surface area (Å²) < 4.78 is 6.35. The van der Waals surface area contributed by atoms with Crippen LogP contribution in [0.5, 0.6) is 5.75 Å². The number of hydrogen-bond donors (Lipinski definition) is 1. The van der Waals surface area contributed by atoms with E-state index in [2.05, 4.69) is 52.4 Å². The maximum atomic E-state index is 5.30. The van der Waals surface area contributed by atoms with Gasteiger partial charge in [0.15, 0.2) is 0 Å². The lowest BCUT2D eigenvalue weighted by molar-refractivity contribution is 0.415. The van der Waals surface area contributed by atoms with E-state index in [0.717, 1.165) is 28.8 Å². The van der Waals surface area contributed by atoms with Gasteiger partial charge in [-0.1, -0.05) is 43.7 Å². The zero-order valence-corrected chi connectivity index (χ0v) is 13.5. The third-order valence-corrected chi connectivity index (χ3v) is 3.97. The topological polar surface area (TPSA) is 21.3 Å². The van der Waals surface area contributed by atoms with E-state index in [1.165, 1.54) is 5.56 Å². The summed E-state index contributed by atoms with van der Waals surface area (Å²) in [6.07, 6.45) is 2.22. The van der Waals surface area contributed by atoms with Crippen molar-refractivity contribution in [2.24, 2.45) is 0 Å². The van der Waals surface area contributed by atoms with Gasteiger partial charge in [0.2, 0.25) is 0 Å². The highest BCUT2D eigenvalue weighted by atomic mass is 79.9. The lowest BCUT2D eigenvalue weighted by Gasteiger charge is -2.21. The molecule has 2 nitrogen and oxygen atoms in total. The molecule has 2 aromatic carbocycles. The third kappa shape index (κ3) is 3.76. The molecule has 20 heavy (non-hydrogen) atoms. The average molecular weight is 334 g/mol. The van der Waals surface area contributed by atoms with Gasteiger partial charge in [0, 0.05) is 10.5 Å². The number of anilines is 1. The fraction of sp³-hybridized carbons (Fsp3) is 0.294. The number of benzene rings is 2. The number of halogens is 1. The van der Waals surface area contributed by atoms with Crippen LogP contribution >= 0.6 is 15.9 Å². The van der Waals surface area contributed by atoms with Crippen LogP contribution in [0.3, 0.4) is 0 Å². The molecule has 0 saturated heterocycles. The number of ether oxygens (including phenoxy) is 1. The van der Waals surface area contributed by atoms with Crippen molar-refractivity contribution in [2.75, 3.05) is 12.4 Å². The van der Waals surface area contributed by atoms with E-state index in [-0.39, 0.29) is 0 Å². The van der Waals surface area contributed by atoms with E-state index in [0.29, 0.717) is 6.04 Å². The molecule has 0 radical (unpaired) electrons. The van der Waals surface area contributed by atoms with Gasteiger partial charge in [-0.05, 0) is 40.0 Å². The summed E-state index contributed by atoms with van der Waals surface area (Å²) in [5.41, 5.74) is 2.37. The molecule has 2 rings (SSSR count). The van der Waals surface area contributed by atoms with Crippen molar-refractivity contribution in [3.05, 3.63) is 58.6 Å². The SMILES string of the molecule is CCCC(Nc1cc(OC)ccc1Br)c1ccccc1. The lowest BCUT2D eigenvalue weighted by atomic mass is 10.0. The van der Waals surface area contributed by atoms with Crippen LogP contribution < -0.4 is 10.1 Å². The van der Waals surface area contributed by atoms with Gasteiger partial charge < -0.3 is 10.1 Å². The molecule has 0 aliphatic carbocycles. The molecule has 1 unspecified atom stereocenters. The molecule has 0 bridgehead atoms. The smallest absolute Gasteiger partial charge is 0.121 e. The summed E-state index contributed by atoms with van der Waals surface area (Å²) in [4.78, 5) is 0. The van der Waals surface area contributed by atoms with E-state index >= 15 is 0 Å². The highest BCUT2D eigenvalue weighted by Gasteiger charge is 2.12. The largest absolute Gasteiger partial charge is 0.497 e. The fourth-order valence-corrected chi connectivity index (χ4v) is 2.59. The maximum Gasteiger partial charge on any atom is 0.121 e. The van der Waals surface area contributed by atoms with Crippen LogP contribution in [0.25, 0.3) is 0 Å². The molecule has 0 amide bonds. The Labute approximate surface area is 129 Å². The Morgan fingerprint density at radius 2 is 1.90 bits per heavy atom. The first kappa shape index (κ1) is 14.9. The summed E-state index contributed by atoms with van der Waals surface area (Å²) in [5, 5.41) is 3.61. The standard InChI is InChI=1S/C17H20BrNO/c1-3-7-16(13-8-5-4-6-9-13)19-17-12-14(20-2)10-11-15(17)18/h4-6,8-12,16,19H,3,7H2,1-2H3. The number of hydrogen-bond acceptors (Lipinski definition) is 2. The summed E-state index contributed by atoms with van der Waals surface area (Å²) in [6.45, 7) is 2.21. The third-order valence-electron chi connectivity index (χ3n) is 3.28. The number of nitrogens with one attached hydrogen (secondary N) is 1. The van der Waals surface area contributed by atoms with Crippen LogP contribution in [0.4, 0.5) is 5.69 Å². The van der Waals surface area contributed by atoms with Crippen LogP contribution in [-0.4, -0.2) is 7.11 Å². The van der Waals surface area contributed by atoms with Crippen molar-refractivity contribution < 1.29 is 4.74 Å². The Morgan fingerprint density at radius 3 is 2.55 bits per heavy atom. The van der Waals surface area contributed by atoms with Gasteiger partial charge in [0.25, 0.3) is 0 Å². The first-order chi connectivity index (χ1) is 9.74. The maximum absolute atomic E-state index is 5.30. The summed E-state index contributed by atoms with van der Waals surface area (Å²) in [7, 11) is 1.69. The highest BCUT2D eigenvalue weighted by molar-refractivity contribution is 9.10. The van der Waals surface area contributed by atoms with Crippen molar-refractivity contribution in [3.63, 3.8) is 0 Å². The van der Waals surface area contributed by atoms with Crippen molar-refractivity contribution in [3.8, 4) is 5.75 Å². The summed E-state index contributed by atoms with van der Waals surface area (Å²) in [6, 6.07) is 16.8. The average Bonchev–Trinajstić information content (AvgIpc) is 2.49. The quantitative estimate of drug-likeness (QED) is 0.762. The highest BCUT2D eigenvalue weighted by Crippen LogP contribution is 2.31. The minimum atomic E-state index is 0.310. The van der Waals surface area contributed by atoms with E-state index in [9.17, 15) is 0 Å². The predicted molar refractivity (Wildman–Crippen MR) is 88.4 cm³/mol. The Balaban J connectivity index is 2.24.